The maximum absolute atomic E-state index is 11.7. The molecule has 1 aromatic heterocycles. The molecule has 0 radical (unpaired) electrons. The number of nitrogens with zero attached hydrogens (tertiary/aromatic N) is 1. The van der Waals surface area contributed by atoms with E-state index in [0.29, 0.717) is 18.8 Å². The lowest BCUT2D eigenvalue weighted by molar-refractivity contribution is -0.0795. The van der Waals surface area contributed by atoms with Gasteiger partial charge in [0.25, 0.3) is 0 Å². The Morgan fingerprint density at radius 3 is 2.68 bits per heavy atom. The van der Waals surface area contributed by atoms with Crippen LogP contribution in [0.5, 0.6) is 5.75 Å². The van der Waals surface area contributed by atoms with Gasteiger partial charge in [0.1, 0.15) is 11.5 Å². The SMILES string of the molecule is O=C(OF)c1cc(CCCCCCOc2ccccc2)on1. The highest BCUT2D eigenvalue weighted by Crippen LogP contribution is 2.12. The third-order valence-electron chi connectivity index (χ3n) is 3.17. The Bertz CT molecular complexity index is 571. The molecule has 118 valence electrons. The largest absolute Gasteiger partial charge is 0.494 e. The molecule has 0 amide bonds. The van der Waals surface area contributed by atoms with E-state index in [1.165, 1.54) is 6.07 Å². The molecule has 2 aromatic rings. The molecule has 0 unspecified atom stereocenters. The van der Waals surface area contributed by atoms with Crippen molar-refractivity contribution in [1.82, 2.24) is 5.16 Å². The number of hydrogen-bond donors (Lipinski definition) is 0. The molecule has 2 rings (SSSR count). The van der Waals surface area contributed by atoms with Crippen LogP contribution in [0.15, 0.2) is 40.9 Å². The lowest BCUT2D eigenvalue weighted by atomic mass is 10.1. The highest BCUT2D eigenvalue weighted by atomic mass is 19.3. The van der Waals surface area contributed by atoms with Crippen LogP contribution >= 0.6 is 0 Å². The Kier molecular flexibility index (Phi) is 6.41. The topological polar surface area (TPSA) is 61.6 Å². The van der Waals surface area contributed by atoms with Gasteiger partial charge >= 0.3 is 5.97 Å². The van der Waals surface area contributed by atoms with Crippen LogP contribution in [0.1, 0.15) is 41.9 Å². The van der Waals surface area contributed by atoms with E-state index in [0.717, 1.165) is 31.4 Å². The number of carbonyl (C=O) groups excluding carboxylic acids is 1. The summed E-state index contributed by atoms with van der Waals surface area (Å²) in [5, 5.41) is 3.44. The number of ether oxygens (including phenoxy) is 1. The van der Waals surface area contributed by atoms with Crippen LogP contribution in [0.3, 0.4) is 0 Å². The van der Waals surface area contributed by atoms with E-state index in [4.69, 9.17) is 9.26 Å². The minimum absolute atomic E-state index is 0.145. The fraction of sp³-hybridized carbons (Fsp3) is 0.375. The highest BCUT2D eigenvalue weighted by Gasteiger charge is 2.14. The molecule has 0 saturated carbocycles. The summed E-state index contributed by atoms with van der Waals surface area (Å²) in [5.74, 6) is 0.311. The van der Waals surface area contributed by atoms with E-state index in [2.05, 4.69) is 10.1 Å². The van der Waals surface area contributed by atoms with Crippen LogP contribution < -0.4 is 4.74 Å². The summed E-state index contributed by atoms with van der Waals surface area (Å²) in [6, 6.07) is 11.1. The molecule has 1 aromatic carbocycles. The van der Waals surface area contributed by atoms with Gasteiger partial charge in [-0.3, -0.25) is 0 Å². The first-order valence-electron chi connectivity index (χ1n) is 7.26. The van der Waals surface area contributed by atoms with Crippen LogP contribution in [-0.2, 0) is 11.4 Å². The van der Waals surface area contributed by atoms with Gasteiger partial charge in [-0.1, -0.05) is 36.2 Å². The van der Waals surface area contributed by atoms with Gasteiger partial charge in [-0.15, -0.1) is 0 Å². The summed E-state index contributed by atoms with van der Waals surface area (Å²) < 4.78 is 22.2. The van der Waals surface area contributed by atoms with E-state index in [-0.39, 0.29) is 5.69 Å². The predicted octanol–water partition coefficient (Wildman–Crippen LogP) is 3.90. The smallest absolute Gasteiger partial charge is 0.401 e. The van der Waals surface area contributed by atoms with E-state index in [1.54, 1.807) is 0 Å². The fourth-order valence-electron chi connectivity index (χ4n) is 2.03. The zero-order valence-corrected chi connectivity index (χ0v) is 12.2. The number of halogens is 1. The van der Waals surface area contributed by atoms with Crippen molar-refractivity contribution in [1.29, 1.82) is 0 Å². The normalized spacial score (nSPS) is 10.4. The van der Waals surface area contributed by atoms with Gasteiger partial charge in [0.2, 0.25) is 0 Å². The molecule has 22 heavy (non-hydrogen) atoms. The van der Waals surface area contributed by atoms with Crippen molar-refractivity contribution in [2.24, 2.45) is 0 Å². The van der Waals surface area contributed by atoms with Gasteiger partial charge in [0.05, 0.1) is 6.61 Å². The average molecular weight is 307 g/mol. The van der Waals surface area contributed by atoms with E-state index in [9.17, 15) is 9.32 Å². The minimum atomic E-state index is -1.13. The van der Waals surface area contributed by atoms with Gasteiger partial charge in [-0.25, -0.2) is 9.74 Å². The van der Waals surface area contributed by atoms with E-state index in [1.807, 2.05) is 30.3 Å². The molecule has 0 spiro atoms. The van der Waals surface area contributed by atoms with Crippen LogP contribution in [0.2, 0.25) is 0 Å². The van der Waals surface area contributed by atoms with E-state index >= 15 is 0 Å². The third kappa shape index (κ3) is 5.20. The summed E-state index contributed by atoms with van der Waals surface area (Å²) in [6.07, 6.45) is 4.60. The number of rotatable bonds is 9. The molecule has 0 fully saturated rings. The molecule has 0 aliphatic carbocycles. The third-order valence-corrected chi connectivity index (χ3v) is 3.17. The summed E-state index contributed by atoms with van der Waals surface area (Å²) in [6.45, 7) is 0.693. The van der Waals surface area contributed by atoms with Gasteiger partial charge in [0, 0.05) is 17.0 Å². The van der Waals surface area contributed by atoms with Gasteiger partial charge in [0.15, 0.2) is 5.69 Å². The van der Waals surface area contributed by atoms with Crippen molar-refractivity contribution in [2.45, 2.75) is 32.1 Å². The fourth-order valence-corrected chi connectivity index (χ4v) is 2.03. The monoisotopic (exact) mass is 307 g/mol. The van der Waals surface area contributed by atoms with Crippen molar-refractivity contribution in [3.8, 4) is 5.75 Å². The summed E-state index contributed by atoms with van der Waals surface area (Å²) in [7, 11) is 0. The second-order valence-corrected chi connectivity index (χ2v) is 4.87. The summed E-state index contributed by atoms with van der Waals surface area (Å²) >= 11 is 0. The van der Waals surface area contributed by atoms with Crippen molar-refractivity contribution in [2.75, 3.05) is 6.61 Å². The van der Waals surface area contributed by atoms with Crippen LogP contribution in [-0.4, -0.2) is 17.7 Å². The van der Waals surface area contributed by atoms with Gasteiger partial charge in [-0.05, 0) is 25.0 Å². The van der Waals surface area contributed by atoms with Crippen LogP contribution in [0.4, 0.5) is 4.53 Å². The Balaban J connectivity index is 1.54. The molecule has 0 bridgehead atoms. The number of para-hydroxylation sites is 1. The summed E-state index contributed by atoms with van der Waals surface area (Å²) in [5.41, 5.74) is -0.145. The number of aryl methyl sites for hydroxylation is 1. The molecule has 5 nitrogen and oxygen atoms in total. The standard InChI is InChI=1S/C16H18FNO4/c17-21-16(19)15-12-14(22-18-15)10-4-1-2-7-11-20-13-8-5-3-6-9-13/h3,5-6,8-9,12H,1-2,4,7,10-11H2. The molecule has 0 atom stereocenters. The Morgan fingerprint density at radius 1 is 1.14 bits per heavy atom. The van der Waals surface area contributed by atoms with Crippen LogP contribution in [0.25, 0.3) is 0 Å². The van der Waals surface area contributed by atoms with Gasteiger partial charge in [-0.2, -0.15) is 0 Å². The first-order chi connectivity index (χ1) is 10.8. The molecule has 6 heteroatoms. The second-order valence-electron chi connectivity index (χ2n) is 4.87. The number of hydrogen-bond acceptors (Lipinski definition) is 5. The molecule has 0 saturated heterocycles. The number of aromatic nitrogens is 1. The quantitative estimate of drug-likeness (QED) is 0.657. The number of unbranched alkanes of at least 4 members (excludes halogenated alkanes) is 3. The molecular formula is C16H18FNO4. The molecule has 0 aliphatic heterocycles. The second kappa shape index (κ2) is 8.81. The lowest BCUT2D eigenvalue weighted by Crippen LogP contribution is -1.98. The van der Waals surface area contributed by atoms with Gasteiger partial charge < -0.3 is 9.26 Å². The van der Waals surface area contributed by atoms with Crippen LogP contribution in [0, 0.1) is 0 Å². The first-order valence-corrected chi connectivity index (χ1v) is 7.26. The maximum atomic E-state index is 11.7. The number of benzene rings is 1. The van der Waals surface area contributed by atoms with Crippen molar-refractivity contribution in [3.05, 3.63) is 47.9 Å². The molecule has 0 N–H and O–H groups in total. The zero-order valence-electron chi connectivity index (χ0n) is 12.2. The van der Waals surface area contributed by atoms with E-state index < -0.39 is 5.97 Å². The molecular weight excluding hydrogens is 289 g/mol. The van der Waals surface area contributed by atoms with Crippen molar-refractivity contribution >= 4 is 5.97 Å². The van der Waals surface area contributed by atoms with Crippen molar-refractivity contribution in [3.63, 3.8) is 0 Å². The summed E-state index contributed by atoms with van der Waals surface area (Å²) in [4.78, 5) is 13.9. The Labute approximate surface area is 127 Å². The maximum Gasteiger partial charge on any atom is 0.401 e. The Morgan fingerprint density at radius 2 is 1.91 bits per heavy atom. The van der Waals surface area contributed by atoms with Crippen molar-refractivity contribution < 1.29 is 23.5 Å². The Hall–Kier alpha value is -2.37. The molecule has 1 heterocycles. The predicted molar refractivity (Wildman–Crippen MR) is 77.1 cm³/mol. The highest BCUT2D eigenvalue weighted by molar-refractivity contribution is 5.86. The molecule has 0 aliphatic rings. The minimum Gasteiger partial charge on any atom is -0.494 e. The first kappa shape index (κ1) is 16.0. The number of carbonyl (C=O) groups is 1. The average Bonchev–Trinajstić information content (AvgIpc) is 3.03. The zero-order chi connectivity index (χ0) is 15.6. The lowest BCUT2D eigenvalue weighted by Gasteiger charge is -2.05.